The zero-order valence-corrected chi connectivity index (χ0v) is 10.8. The first kappa shape index (κ1) is 12.1. The highest BCUT2D eigenvalue weighted by atomic mass is 35.5. The molecule has 0 atom stereocenters. The molecule has 0 radical (unpaired) electrons. The zero-order valence-electron chi connectivity index (χ0n) is 9.24. The van der Waals surface area contributed by atoms with E-state index in [-0.39, 0.29) is 0 Å². The molecule has 0 fully saturated rings. The molecule has 2 rings (SSSR count). The lowest BCUT2D eigenvalue weighted by Gasteiger charge is -2.10. The van der Waals surface area contributed by atoms with Crippen LogP contribution in [0.4, 0.5) is 11.4 Å². The lowest BCUT2D eigenvalue weighted by atomic mass is 10.2. The van der Waals surface area contributed by atoms with Crippen molar-refractivity contribution in [3.05, 3.63) is 40.4 Å². The molecular weight excluding hydrogens is 259 g/mol. The molecule has 4 nitrogen and oxygen atoms in total. The molecule has 0 unspecified atom stereocenters. The normalized spacial score (nSPS) is 10.5. The van der Waals surface area contributed by atoms with E-state index in [1.165, 1.54) is 0 Å². The monoisotopic (exact) mass is 270 g/mol. The van der Waals surface area contributed by atoms with Crippen LogP contribution in [-0.2, 0) is 13.6 Å². The molecule has 0 aliphatic heterocycles. The zero-order chi connectivity index (χ0) is 12.4. The summed E-state index contributed by atoms with van der Waals surface area (Å²) in [6.07, 6.45) is 3.63. The number of nitrogens with one attached hydrogen (secondary N) is 1. The Morgan fingerprint density at radius 2 is 2.06 bits per heavy atom. The second-order valence-corrected chi connectivity index (χ2v) is 4.48. The number of hydrogen-bond acceptors (Lipinski definition) is 3. The Balaban J connectivity index is 2.14. The summed E-state index contributed by atoms with van der Waals surface area (Å²) < 4.78 is 1.93. The highest BCUT2D eigenvalue weighted by Gasteiger charge is 2.06. The molecule has 0 spiro atoms. The van der Waals surface area contributed by atoms with Gasteiger partial charge in [-0.25, -0.2) is 4.98 Å². The minimum absolute atomic E-state index is 0.451. The maximum atomic E-state index is 5.93. The third-order valence-corrected chi connectivity index (χ3v) is 3.17. The molecule has 90 valence electrons. The fraction of sp³-hybridized carbons (Fsp3) is 0.182. The van der Waals surface area contributed by atoms with Crippen molar-refractivity contribution in [2.45, 2.75) is 6.54 Å². The van der Waals surface area contributed by atoms with Crippen molar-refractivity contribution in [1.29, 1.82) is 0 Å². The molecule has 0 aliphatic rings. The average molecular weight is 271 g/mol. The average Bonchev–Trinajstić information content (AvgIpc) is 2.68. The molecule has 0 bridgehead atoms. The quantitative estimate of drug-likeness (QED) is 0.844. The summed E-state index contributed by atoms with van der Waals surface area (Å²) in [7, 11) is 1.93. The highest BCUT2D eigenvalue weighted by Crippen LogP contribution is 2.30. The van der Waals surface area contributed by atoms with Crippen molar-refractivity contribution in [3.63, 3.8) is 0 Å². The van der Waals surface area contributed by atoms with Crippen molar-refractivity contribution < 1.29 is 0 Å². The molecule has 0 saturated carbocycles. The Bertz CT molecular complexity index is 536. The van der Waals surface area contributed by atoms with E-state index in [1.54, 1.807) is 18.3 Å². The van der Waals surface area contributed by atoms with E-state index in [4.69, 9.17) is 28.9 Å². The van der Waals surface area contributed by atoms with Crippen molar-refractivity contribution in [1.82, 2.24) is 9.55 Å². The number of anilines is 2. The molecule has 3 N–H and O–H groups in total. The second kappa shape index (κ2) is 4.85. The Kier molecular flexibility index (Phi) is 3.45. The topological polar surface area (TPSA) is 55.9 Å². The Morgan fingerprint density at radius 3 is 2.71 bits per heavy atom. The number of benzene rings is 1. The first-order valence-corrected chi connectivity index (χ1v) is 5.78. The van der Waals surface area contributed by atoms with Crippen LogP contribution >= 0.6 is 23.2 Å². The van der Waals surface area contributed by atoms with Gasteiger partial charge in [0, 0.05) is 19.4 Å². The van der Waals surface area contributed by atoms with Gasteiger partial charge in [0.25, 0.3) is 0 Å². The number of imidazole rings is 1. The Morgan fingerprint density at radius 1 is 1.35 bits per heavy atom. The largest absolute Gasteiger partial charge is 0.397 e. The van der Waals surface area contributed by atoms with Gasteiger partial charge >= 0.3 is 0 Å². The van der Waals surface area contributed by atoms with Crippen molar-refractivity contribution in [3.8, 4) is 0 Å². The van der Waals surface area contributed by atoms with Crippen LogP contribution in [0.2, 0.25) is 10.0 Å². The Labute approximate surface area is 109 Å². The molecule has 2 aromatic rings. The number of aromatic nitrogens is 2. The SMILES string of the molecule is Cn1ccnc1CNc1cc(Cl)c(Cl)cc1N. The summed E-state index contributed by atoms with van der Waals surface area (Å²) in [6, 6.07) is 3.34. The van der Waals surface area contributed by atoms with Crippen molar-refractivity contribution >= 4 is 34.6 Å². The van der Waals surface area contributed by atoms with E-state index in [2.05, 4.69) is 10.3 Å². The number of hydrogen-bond donors (Lipinski definition) is 2. The maximum absolute atomic E-state index is 5.93. The Hall–Kier alpha value is -1.39. The molecule has 1 aromatic heterocycles. The van der Waals surface area contributed by atoms with E-state index in [9.17, 15) is 0 Å². The van der Waals surface area contributed by atoms with Gasteiger partial charge in [0.1, 0.15) is 5.82 Å². The fourth-order valence-electron chi connectivity index (χ4n) is 1.46. The molecule has 1 aromatic carbocycles. The van der Waals surface area contributed by atoms with Crippen LogP contribution in [-0.4, -0.2) is 9.55 Å². The van der Waals surface area contributed by atoms with E-state index in [0.717, 1.165) is 11.5 Å². The summed E-state index contributed by atoms with van der Waals surface area (Å²) in [5.74, 6) is 0.912. The molecule has 17 heavy (non-hydrogen) atoms. The summed E-state index contributed by atoms with van der Waals surface area (Å²) in [4.78, 5) is 4.20. The van der Waals surface area contributed by atoms with Crippen LogP contribution in [0.1, 0.15) is 5.82 Å². The van der Waals surface area contributed by atoms with Crippen molar-refractivity contribution in [2.75, 3.05) is 11.1 Å². The molecule has 1 heterocycles. The lowest BCUT2D eigenvalue weighted by molar-refractivity contribution is 0.813. The smallest absolute Gasteiger partial charge is 0.127 e. The van der Waals surface area contributed by atoms with Crippen LogP contribution in [0.15, 0.2) is 24.5 Å². The van der Waals surface area contributed by atoms with Gasteiger partial charge in [0.2, 0.25) is 0 Å². The molecular formula is C11H12Cl2N4. The van der Waals surface area contributed by atoms with Gasteiger partial charge in [-0.15, -0.1) is 0 Å². The first-order chi connectivity index (χ1) is 8.08. The highest BCUT2D eigenvalue weighted by molar-refractivity contribution is 6.42. The first-order valence-electron chi connectivity index (χ1n) is 5.02. The van der Waals surface area contributed by atoms with E-state index < -0.39 is 0 Å². The van der Waals surface area contributed by atoms with Gasteiger partial charge < -0.3 is 15.6 Å². The van der Waals surface area contributed by atoms with Crippen LogP contribution < -0.4 is 11.1 Å². The standard InChI is InChI=1S/C11H12Cl2N4/c1-17-3-2-15-11(17)6-16-10-5-8(13)7(12)4-9(10)14/h2-5,16H,6,14H2,1H3. The summed E-state index contributed by atoms with van der Waals surface area (Å²) >= 11 is 11.8. The molecule has 0 aliphatic carbocycles. The predicted octanol–water partition coefficient (Wildman–Crippen LogP) is 2.92. The lowest BCUT2D eigenvalue weighted by Crippen LogP contribution is -2.07. The van der Waals surface area contributed by atoms with Gasteiger partial charge in [-0.1, -0.05) is 23.2 Å². The van der Waals surface area contributed by atoms with E-state index in [1.807, 2.05) is 17.8 Å². The second-order valence-electron chi connectivity index (χ2n) is 3.66. The number of nitrogen functional groups attached to an aromatic ring is 1. The molecule has 0 amide bonds. The van der Waals surface area contributed by atoms with Gasteiger partial charge in [-0.3, -0.25) is 0 Å². The van der Waals surface area contributed by atoms with Crippen LogP contribution in [0.5, 0.6) is 0 Å². The third kappa shape index (κ3) is 2.65. The van der Waals surface area contributed by atoms with Crippen LogP contribution in [0.25, 0.3) is 0 Å². The van der Waals surface area contributed by atoms with Crippen LogP contribution in [0.3, 0.4) is 0 Å². The van der Waals surface area contributed by atoms with E-state index in [0.29, 0.717) is 22.3 Å². The van der Waals surface area contributed by atoms with Gasteiger partial charge in [0.05, 0.1) is 28.0 Å². The van der Waals surface area contributed by atoms with Crippen molar-refractivity contribution in [2.24, 2.45) is 7.05 Å². The van der Waals surface area contributed by atoms with Gasteiger partial charge in [-0.05, 0) is 12.1 Å². The maximum Gasteiger partial charge on any atom is 0.127 e. The fourth-order valence-corrected chi connectivity index (χ4v) is 1.79. The van der Waals surface area contributed by atoms with Crippen LogP contribution in [0, 0.1) is 0 Å². The number of nitrogens with two attached hydrogens (primary N) is 1. The number of halogens is 2. The summed E-state index contributed by atoms with van der Waals surface area (Å²) in [5, 5.41) is 4.10. The number of rotatable bonds is 3. The summed E-state index contributed by atoms with van der Waals surface area (Å²) in [5.41, 5.74) is 7.15. The minimum Gasteiger partial charge on any atom is -0.397 e. The number of nitrogens with zero attached hydrogens (tertiary/aromatic N) is 2. The molecule has 6 heteroatoms. The van der Waals surface area contributed by atoms with Gasteiger partial charge in [-0.2, -0.15) is 0 Å². The predicted molar refractivity (Wildman–Crippen MR) is 71.4 cm³/mol. The minimum atomic E-state index is 0.451. The van der Waals surface area contributed by atoms with Gasteiger partial charge in [0.15, 0.2) is 0 Å². The van der Waals surface area contributed by atoms with E-state index >= 15 is 0 Å². The third-order valence-electron chi connectivity index (χ3n) is 2.45. The summed E-state index contributed by atoms with van der Waals surface area (Å²) in [6.45, 7) is 0.575. The number of aryl methyl sites for hydroxylation is 1. The molecule has 0 saturated heterocycles.